The lowest BCUT2D eigenvalue weighted by atomic mass is 10.2. The summed E-state index contributed by atoms with van der Waals surface area (Å²) in [6, 6.07) is 16.2. The summed E-state index contributed by atoms with van der Waals surface area (Å²) in [5.41, 5.74) is 2.03. The molecule has 3 aromatic rings. The number of benzene rings is 2. The monoisotopic (exact) mass is 363 g/mol. The van der Waals surface area contributed by atoms with Crippen LogP contribution in [0, 0.1) is 6.92 Å². The van der Waals surface area contributed by atoms with Gasteiger partial charge >= 0.3 is 0 Å². The van der Waals surface area contributed by atoms with Crippen molar-refractivity contribution in [1.82, 2.24) is 10.3 Å². The highest BCUT2D eigenvalue weighted by Crippen LogP contribution is 2.22. The second-order valence-electron chi connectivity index (χ2n) is 6.08. The van der Waals surface area contributed by atoms with Crippen molar-refractivity contribution in [1.29, 1.82) is 0 Å². The maximum atomic E-state index is 12.6. The predicted octanol–water partition coefficient (Wildman–Crippen LogP) is 4.04. The molecule has 1 heterocycles. The Labute approximate surface area is 157 Å². The number of nitrogens with zero attached hydrogens (tertiary/aromatic N) is 1. The van der Waals surface area contributed by atoms with Gasteiger partial charge in [-0.05, 0) is 43.7 Å². The predicted molar refractivity (Wildman–Crippen MR) is 104 cm³/mol. The second kappa shape index (κ2) is 8.31. The molecule has 0 aliphatic rings. The van der Waals surface area contributed by atoms with Crippen molar-refractivity contribution in [2.24, 2.45) is 0 Å². The third-order valence-electron chi connectivity index (χ3n) is 3.95. The molecule has 0 bridgehead atoms. The average molecular weight is 363 g/mol. The summed E-state index contributed by atoms with van der Waals surface area (Å²) in [6.45, 7) is 4.29. The van der Waals surface area contributed by atoms with Crippen molar-refractivity contribution in [3.63, 3.8) is 0 Å². The van der Waals surface area contributed by atoms with Gasteiger partial charge in [0.05, 0.1) is 0 Å². The Morgan fingerprint density at radius 2 is 1.81 bits per heavy atom. The summed E-state index contributed by atoms with van der Waals surface area (Å²) < 4.78 is 5.63. The Morgan fingerprint density at radius 3 is 2.56 bits per heavy atom. The first-order chi connectivity index (χ1) is 13.1. The molecule has 0 aliphatic carbocycles. The number of oxazole rings is 1. The molecular formula is C21H21N3O3. The number of aromatic nitrogens is 1. The molecule has 0 saturated heterocycles. The number of hydrogen-bond acceptors (Lipinski definition) is 4. The van der Waals surface area contributed by atoms with Gasteiger partial charge in [0.25, 0.3) is 11.8 Å². The van der Waals surface area contributed by atoms with Gasteiger partial charge in [-0.15, -0.1) is 0 Å². The summed E-state index contributed by atoms with van der Waals surface area (Å²) in [7, 11) is 0. The van der Waals surface area contributed by atoms with E-state index in [9.17, 15) is 9.59 Å². The van der Waals surface area contributed by atoms with Gasteiger partial charge in [-0.25, -0.2) is 4.98 Å². The van der Waals surface area contributed by atoms with Crippen molar-refractivity contribution in [2.75, 3.05) is 11.9 Å². The van der Waals surface area contributed by atoms with Gasteiger partial charge in [0.1, 0.15) is 5.76 Å². The summed E-state index contributed by atoms with van der Waals surface area (Å²) in [5, 5.41) is 5.59. The molecule has 2 amide bonds. The third-order valence-corrected chi connectivity index (χ3v) is 3.95. The molecule has 0 atom stereocenters. The zero-order valence-electron chi connectivity index (χ0n) is 15.3. The van der Waals surface area contributed by atoms with E-state index in [1.807, 2.05) is 37.3 Å². The minimum Gasteiger partial charge on any atom is -0.441 e. The number of hydrogen-bond donors (Lipinski definition) is 2. The summed E-state index contributed by atoms with van der Waals surface area (Å²) in [6.07, 6.45) is 0.858. The number of amides is 2. The maximum Gasteiger partial charge on any atom is 0.277 e. The first-order valence-corrected chi connectivity index (χ1v) is 8.81. The molecule has 1 aromatic heterocycles. The normalized spacial score (nSPS) is 10.4. The zero-order valence-corrected chi connectivity index (χ0v) is 15.3. The smallest absolute Gasteiger partial charge is 0.277 e. The Hall–Kier alpha value is -3.41. The van der Waals surface area contributed by atoms with Crippen molar-refractivity contribution >= 4 is 17.5 Å². The number of carbonyl (C=O) groups is 2. The van der Waals surface area contributed by atoms with E-state index in [1.165, 1.54) is 0 Å². The van der Waals surface area contributed by atoms with Crippen LogP contribution in [0.1, 0.15) is 40.0 Å². The van der Waals surface area contributed by atoms with Gasteiger partial charge in [-0.3, -0.25) is 9.59 Å². The fourth-order valence-electron chi connectivity index (χ4n) is 2.58. The molecule has 6 nitrogen and oxygen atoms in total. The van der Waals surface area contributed by atoms with Crippen molar-refractivity contribution in [2.45, 2.75) is 20.3 Å². The lowest BCUT2D eigenvalue weighted by Gasteiger charge is -2.07. The van der Waals surface area contributed by atoms with Crippen LogP contribution in [0.15, 0.2) is 59.0 Å². The molecule has 0 saturated carbocycles. The van der Waals surface area contributed by atoms with Crippen LogP contribution >= 0.6 is 0 Å². The van der Waals surface area contributed by atoms with Crippen LogP contribution in [0.25, 0.3) is 11.5 Å². The minimum absolute atomic E-state index is 0.170. The first kappa shape index (κ1) is 18.4. The highest BCUT2D eigenvalue weighted by atomic mass is 16.4. The van der Waals surface area contributed by atoms with E-state index in [1.54, 1.807) is 31.2 Å². The molecule has 0 fully saturated rings. The van der Waals surface area contributed by atoms with E-state index in [-0.39, 0.29) is 17.5 Å². The third kappa shape index (κ3) is 4.41. The molecule has 0 aliphatic heterocycles. The fraction of sp³-hybridized carbons (Fsp3) is 0.190. The average Bonchev–Trinajstić information content (AvgIpc) is 3.09. The number of aryl methyl sites for hydroxylation is 1. The highest BCUT2D eigenvalue weighted by Gasteiger charge is 2.18. The van der Waals surface area contributed by atoms with Gasteiger partial charge in [0.15, 0.2) is 5.69 Å². The first-order valence-electron chi connectivity index (χ1n) is 8.81. The van der Waals surface area contributed by atoms with Gasteiger partial charge in [-0.1, -0.05) is 31.2 Å². The molecule has 0 spiro atoms. The van der Waals surface area contributed by atoms with Crippen molar-refractivity contribution in [3.05, 3.63) is 71.6 Å². The highest BCUT2D eigenvalue weighted by molar-refractivity contribution is 6.04. The number of anilines is 1. The Kier molecular flexibility index (Phi) is 5.66. The molecule has 2 N–H and O–H groups in total. The lowest BCUT2D eigenvalue weighted by Crippen LogP contribution is -2.24. The van der Waals surface area contributed by atoms with E-state index in [0.29, 0.717) is 29.4 Å². The van der Waals surface area contributed by atoms with Crippen LogP contribution in [0.3, 0.4) is 0 Å². The van der Waals surface area contributed by atoms with Crippen molar-refractivity contribution in [3.8, 4) is 11.5 Å². The van der Waals surface area contributed by atoms with E-state index >= 15 is 0 Å². The summed E-state index contributed by atoms with van der Waals surface area (Å²) in [4.78, 5) is 29.0. The molecule has 0 unspecified atom stereocenters. The van der Waals surface area contributed by atoms with Gasteiger partial charge < -0.3 is 15.1 Å². The number of rotatable bonds is 6. The molecule has 0 radical (unpaired) electrons. The number of carbonyl (C=O) groups excluding carboxylic acids is 2. The molecular weight excluding hydrogens is 342 g/mol. The molecule has 2 aromatic carbocycles. The molecule has 27 heavy (non-hydrogen) atoms. The van der Waals surface area contributed by atoms with Crippen LogP contribution in [0.5, 0.6) is 0 Å². The standard InChI is InChI=1S/C21H21N3O3/c1-3-12-22-19(25)16-10-7-11-17(13-16)23-20(26)18-14(2)27-21(24-18)15-8-5-4-6-9-15/h4-11,13H,3,12H2,1-2H3,(H,22,25)(H,23,26). The van der Waals surface area contributed by atoms with E-state index in [4.69, 9.17) is 4.42 Å². The second-order valence-corrected chi connectivity index (χ2v) is 6.08. The molecule has 138 valence electrons. The topological polar surface area (TPSA) is 84.2 Å². The number of nitrogens with one attached hydrogen (secondary N) is 2. The Morgan fingerprint density at radius 1 is 1.04 bits per heavy atom. The van der Waals surface area contributed by atoms with E-state index < -0.39 is 0 Å². The van der Waals surface area contributed by atoms with Crippen LogP contribution < -0.4 is 10.6 Å². The molecule has 3 rings (SSSR count). The SMILES string of the molecule is CCCNC(=O)c1cccc(NC(=O)c2nc(-c3ccccc3)oc2C)c1. The van der Waals surface area contributed by atoms with Gasteiger partial charge in [-0.2, -0.15) is 0 Å². The van der Waals surface area contributed by atoms with Crippen LogP contribution in [0.4, 0.5) is 5.69 Å². The quantitative estimate of drug-likeness (QED) is 0.692. The zero-order chi connectivity index (χ0) is 19.2. The van der Waals surface area contributed by atoms with Gasteiger partial charge in [0, 0.05) is 23.4 Å². The molecule has 6 heteroatoms. The fourth-order valence-corrected chi connectivity index (χ4v) is 2.58. The van der Waals surface area contributed by atoms with E-state index in [2.05, 4.69) is 15.6 Å². The summed E-state index contributed by atoms with van der Waals surface area (Å²) >= 11 is 0. The lowest BCUT2D eigenvalue weighted by molar-refractivity contribution is 0.0952. The van der Waals surface area contributed by atoms with E-state index in [0.717, 1.165) is 12.0 Å². The largest absolute Gasteiger partial charge is 0.441 e. The summed E-state index contributed by atoms with van der Waals surface area (Å²) in [5.74, 6) is 0.274. The van der Waals surface area contributed by atoms with Crippen LogP contribution in [-0.2, 0) is 0 Å². The van der Waals surface area contributed by atoms with Crippen molar-refractivity contribution < 1.29 is 14.0 Å². The Bertz CT molecular complexity index is 948. The maximum absolute atomic E-state index is 12.6. The van der Waals surface area contributed by atoms with Crippen LogP contribution in [-0.4, -0.2) is 23.3 Å². The Balaban J connectivity index is 1.76. The minimum atomic E-state index is -0.385. The van der Waals surface area contributed by atoms with Crippen LogP contribution in [0.2, 0.25) is 0 Å². The van der Waals surface area contributed by atoms with Gasteiger partial charge in [0.2, 0.25) is 5.89 Å².